The zero-order valence-corrected chi connectivity index (χ0v) is 17.0. The Balaban J connectivity index is 1.54. The molecule has 164 valence electrons. The molecule has 2 N–H and O–H groups in total. The van der Waals surface area contributed by atoms with Gasteiger partial charge in [-0.1, -0.05) is 36.4 Å². The van der Waals surface area contributed by atoms with Crippen molar-refractivity contribution in [2.75, 3.05) is 11.9 Å². The van der Waals surface area contributed by atoms with Crippen LogP contribution in [0.4, 0.5) is 18.9 Å². The van der Waals surface area contributed by atoms with Gasteiger partial charge in [0, 0.05) is 22.2 Å². The quantitative estimate of drug-likeness (QED) is 0.438. The van der Waals surface area contributed by atoms with Gasteiger partial charge < -0.3 is 15.1 Å². The number of carbonyl (C=O) groups excluding carboxylic acids is 2. The van der Waals surface area contributed by atoms with E-state index in [0.29, 0.717) is 22.4 Å². The molecule has 0 radical (unpaired) electrons. The maximum absolute atomic E-state index is 12.7. The number of benzene rings is 3. The number of hydrogen-bond acceptors (Lipinski definition) is 3. The van der Waals surface area contributed by atoms with Crippen LogP contribution in [0, 0.1) is 6.92 Å². The van der Waals surface area contributed by atoms with Gasteiger partial charge in [-0.3, -0.25) is 9.59 Å². The van der Waals surface area contributed by atoms with E-state index in [1.807, 2.05) is 41.7 Å². The Bertz CT molecular complexity index is 1330. The monoisotopic (exact) mass is 440 g/mol. The second kappa shape index (κ2) is 8.37. The first-order valence-electron chi connectivity index (χ1n) is 9.84. The van der Waals surface area contributed by atoms with Crippen molar-refractivity contribution in [3.63, 3.8) is 0 Å². The molecule has 2 amide bonds. The van der Waals surface area contributed by atoms with E-state index in [-0.39, 0.29) is 17.9 Å². The van der Waals surface area contributed by atoms with Gasteiger partial charge in [0.15, 0.2) is 0 Å². The molecule has 8 heteroatoms. The summed E-state index contributed by atoms with van der Waals surface area (Å²) in [6.45, 7) is 0.302. The van der Waals surface area contributed by atoms with Crippen LogP contribution < -0.4 is 10.6 Å². The number of anilines is 1. The molecule has 0 saturated heterocycles. The van der Waals surface area contributed by atoms with Gasteiger partial charge in [0.2, 0.25) is 5.91 Å². The van der Waals surface area contributed by atoms with E-state index in [1.54, 1.807) is 19.3 Å². The normalized spacial score (nSPS) is 11.6. The second-order valence-corrected chi connectivity index (χ2v) is 7.47. The van der Waals surface area contributed by atoms with Crippen LogP contribution in [0.2, 0.25) is 0 Å². The third-order valence-corrected chi connectivity index (χ3v) is 5.11. The van der Waals surface area contributed by atoms with Gasteiger partial charge in [0.1, 0.15) is 12.1 Å². The summed E-state index contributed by atoms with van der Waals surface area (Å²) >= 11 is 0. The molecule has 0 atom stereocenters. The molecule has 0 saturated carbocycles. The molecule has 0 aliphatic rings. The zero-order chi connectivity index (χ0) is 22.9. The highest BCUT2D eigenvalue weighted by Gasteiger charge is 2.28. The van der Waals surface area contributed by atoms with E-state index in [4.69, 9.17) is 4.42 Å². The standard InChI is InChI=1S/C24H19F3N2O3/c1-14-6-7-16(23(31)28-13-24(25,26)27)10-19(14)29-21(30)11-17-12-32-20-9-8-15-4-2-3-5-18(15)22(17)20/h2-10,12H,11,13H2,1H3,(H,28,31)(H,29,30). The third kappa shape index (κ3) is 4.59. The third-order valence-electron chi connectivity index (χ3n) is 5.11. The Morgan fingerprint density at radius 2 is 1.81 bits per heavy atom. The Morgan fingerprint density at radius 3 is 2.59 bits per heavy atom. The average Bonchev–Trinajstić information content (AvgIpc) is 3.16. The van der Waals surface area contributed by atoms with Crippen molar-refractivity contribution in [2.45, 2.75) is 19.5 Å². The van der Waals surface area contributed by atoms with Crippen molar-refractivity contribution in [2.24, 2.45) is 0 Å². The number of aryl methyl sites for hydroxylation is 1. The van der Waals surface area contributed by atoms with Crippen LogP contribution in [0.25, 0.3) is 21.7 Å². The predicted molar refractivity (Wildman–Crippen MR) is 116 cm³/mol. The number of fused-ring (bicyclic) bond motifs is 3. The van der Waals surface area contributed by atoms with Crippen LogP contribution in [0.5, 0.6) is 0 Å². The Kier molecular flexibility index (Phi) is 5.61. The summed E-state index contributed by atoms with van der Waals surface area (Å²) in [6, 6.07) is 15.9. The number of amides is 2. The highest BCUT2D eigenvalue weighted by Crippen LogP contribution is 2.30. The van der Waals surface area contributed by atoms with Gasteiger partial charge in [-0.25, -0.2) is 0 Å². The lowest BCUT2D eigenvalue weighted by Gasteiger charge is -2.12. The fourth-order valence-corrected chi connectivity index (χ4v) is 3.55. The van der Waals surface area contributed by atoms with Gasteiger partial charge in [-0.2, -0.15) is 13.2 Å². The van der Waals surface area contributed by atoms with E-state index in [0.717, 1.165) is 16.2 Å². The fraction of sp³-hybridized carbons (Fsp3) is 0.167. The van der Waals surface area contributed by atoms with Crippen molar-refractivity contribution in [1.29, 1.82) is 0 Å². The van der Waals surface area contributed by atoms with E-state index in [1.165, 1.54) is 12.1 Å². The molecule has 4 rings (SSSR count). The van der Waals surface area contributed by atoms with Gasteiger partial charge in [0.05, 0.1) is 12.7 Å². The number of alkyl halides is 3. The number of hydrogen-bond donors (Lipinski definition) is 2. The van der Waals surface area contributed by atoms with Crippen LogP contribution in [0.3, 0.4) is 0 Å². The minimum absolute atomic E-state index is 0.0231. The fourth-order valence-electron chi connectivity index (χ4n) is 3.55. The summed E-state index contributed by atoms with van der Waals surface area (Å²) in [7, 11) is 0. The topological polar surface area (TPSA) is 71.3 Å². The van der Waals surface area contributed by atoms with Gasteiger partial charge in [-0.05, 0) is 41.5 Å². The smallest absolute Gasteiger partial charge is 0.405 e. The molecular formula is C24H19F3N2O3. The first-order chi connectivity index (χ1) is 15.2. The van der Waals surface area contributed by atoms with Crippen molar-refractivity contribution >= 4 is 39.2 Å². The van der Waals surface area contributed by atoms with Crippen LogP contribution >= 0.6 is 0 Å². The summed E-state index contributed by atoms with van der Waals surface area (Å²) in [6.07, 6.45) is -2.93. The molecule has 5 nitrogen and oxygen atoms in total. The van der Waals surface area contributed by atoms with Crippen molar-refractivity contribution in [1.82, 2.24) is 5.32 Å². The molecule has 0 aliphatic carbocycles. The summed E-state index contributed by atoms with van der Waals surface area (Å²) in [5, 5.41) is 7.42. The summed E-state index contributed by atoms with van der Waals surface area (Å²) in [5.74, 6) is -1.21. The number of nitrogens with one attached hydrogen (secondary N) is 2. The molecule has 0 spiro atoms. The molecule has 0 fully saturated rings. The first-order valence-corrected chi connectivity index (χ1v) is 9.84. The first kappa shape index (κ1) is 21.4. The van der Waals surface area contributed by atoms with E-state index in [9.17, 15) is 22.8 Å². The van der Waals surface area contributed by atoms with Crippen molar-refractivity contribution in [3.05, 3.63) is 77.6 Å². The average molecular weight is 440 g/mol. The molecule has 0 bridgehead atoms. The lowest BCUT2D eigenvalue weighted by molar-refractivity contribution is -0.123. The van der Waals surface area contributed by atoms with Crippen LogP contribution in [0.15, 0.2) is 65.3 Å². The number of halogens is 3. The maximum Gasteiger partial charge on any atom is 0.405 e. The molecule has 1 aromatic heterocycles. The number of rotatable bonds is 5. The van der Waals surface area contributed by atoms with E-state index in [2.05, 4.69) is 5.32 Å². The highest BCUT2D eigenvalue weighted by molar-refractivity contribution is 6.09. The van der Waals surface area contributed by atoms with Gasteiger partial charge in [-0.15, -0.1) is 0 Å². The van der Waals surface area contributed by atoms with Gasteiger partial charge >= 0.3 is 6.18 Å². The Hall–Kier alpha value is -3.81. The molecule has 4 aromatic rings. The number of furan rings is 1. The Labute approximate surface area is 181 Å². The second-order valence-electron chi connectivity index (χ2n) is 7.47. The molecule has 1 heterocycles. The van der Waals surface area contributed by atoms with Crippen molar-refractivity contribution < 1.29 is 27.2 Å². The maximum atomic E-state index is 12.7. The molecule has 32 heavy (non-hydrogen) atoms. The van der Waals surface area contributed by atoms with Gasteiger partial charge in [0.25, 0.3) is 5.91 Å². The van der Waals surface area contributed by atoms with E-state index >= 15 is 0 Å². The van der Waals surface area contributed by atoms with Crippen LogP contribution in [0.1, 0.15) is 21.5 Å². The lowest BCUT2D eigenvalue weighted by atomic mass is 10.0. The zero-order valence-electron chi connectivity index (χ0n) is 17.0. The predicted octanol–water partition coefficient (Wildman–Crippen LogP) is 5.37. The summed E-state index contributed by atoms with van der Waals surface area (Å²) < 4.78 is 42.7. The van der Waals surface area contributed by atoms with E-state index < -0.39 is 18.6 Å². The Morgan fingerprint density at radius 1 is 1.03 bits per heavy atom. The molecule has 0 aliphatic heterocycles. The molecule has 3 aromatic carbocycles. The summed E-state index contributed by atoms with van der Waals surface area (Å²) in [5.41, 5.74) is 2.44. The minimum atomic E-state index is -4.51. The SMILES string of the molecule is Cc1ccc(C(=O)NCC(F)(F)F)cc1NC(=O)Cc1coc2ccc3ccccc3c12. The number of carbonyl (C=O) groups is 2. The summed E-state index contributed by atoms with van der Waals surface area (Å²) in [4.78, 5) is 24.8. The largest absolute Gasteiger partial charge is 0.464 e. The molecule has 0 unspecified atom stereocenters. The minimum Gasteiger partial charge on any atom is -0.464 e. The molecular weight excluding hydrogens is 421 g/mol. The van der Waals surface area contributed by atoms with Crippen LogP contribution in [-0.2, 0) is 11.2 Å². The van der Waals surface area contributed by atoms with Crippen molar-refractivity contribution in [3.8, 4) is 0 Å². The van der Waals surface area contributed by atoms with Crippen LogP contribution in [-0.4, -0.2) is 24.5 Å². The highest BCUT2D eigenvalue weighted by atomic mass is 19.4. The lowest BCUT2D eigenvalue weighted by Crippen LogP contribution is -2.33.